The Morgan fingerprint density at radius 1 is 0.697 bits per heavy atom. The molecule has 4 atom stereocenters. The standard InChI is InChI=1S/C26H21N3O4/c30-25-23-21(17-7-3-1-4-8-17)15-16-22(18-9-5-2-6-10-18)24(23)26(31)28(25)27-19-11-13-20(14-12-19)29(32)33/h1-16,21-24,27H. The number of anilines is 1. The van der Waals surface area contributed by atoms with E-state index >= 15 is 0 Å². The minimum Gasteiger partial charge on any atom is -0.289 e. The first-order valence-electron chi connectivity index (χ1n) is 10.7. The Balaban J connectivity index is 1.52. The van der Waals surface area contributed by atoms with E-state index in [1.807, 2.05) is 72.8 Å². The van der Waals surface area contributed by atoms with Crippen LogP contribution in [0.3, 0.4) is 0 Å². The molecular formula is C26H21N3O4. The van der Waals surface area contributed by atoms with Crippen molar-refractivity contribution in [3.05, 3.63) is 118 Å². The second-order valence-corrected chi connectivity index (χ2v) is 8.24. The van der Waals surface area contributed by atoms with Crippen LogP contribution >= 0.6 is 0 Å². The Morgan fingerprint density at radius 3 is 1.58 bits per heavy atom. The Labute approximate surface area is 190 Å². The fraction of sp³-hybridized carbons (Fsp3) is 0.154. The molecule has 2 aliphatic rings. The number of benzene rings is 3. The van der Waals surface area contributed by atoms with Crippen molar-refractivity contribution < 1.29 is 14.5 Å². The topological polar surface area (TPSA) is 92.6 Å². The van der Waals surface area contributed by atoms with E-state index in [2.05, 4.69) is 5.43 Å². The van der Waals surface area contributed by atoms with E-state index in [0.29, 0.717) is 5.69 Å². The number of fused-ring (bicyclic) bond motifs is 1. The summed E-state index contributed by atoms with van der Waals surface area (Å²) in [5.41, 5.74) is 5.22. The predicted molar refractivity (Wildman–Crippen MR) is 123 cm³/mol. The number of non-ortho nitro benzene ring substituents is 1. The van der Waals surface area contributed by atoms with Crippen LogP contribution < -0.4 is 5.43 Å². The van der Waals surface area contributed by atoms with E-state index in [1.54, 1.807) is 0 Å². The van der Waals surface area contributed by atoms with Crippen molar-refractivity contribution in [2.24, 2.45) is 11.8 Å². The van der Waals surface area contributed by atoms with Crippen LogP contribution in [0.1, 0.15) is 23.0 Å². The van der Waals surface area contributed by atoms with Gasteiger partial charge in [-0.2, -0.15) is 5.01 Å². The van der Waals surface area contributed by atoms with Crippen molar-refractivity contribution in [3.8, 4) is 0 Å². The Kier molecular flexibility index (Phi) is 5.22. The molecule has 1 saturated heterocycles. The lowest BCUT2D eigenvalue weighted by atomic mass is 9.68. The number of rotatable bonds is 5. The van der Waals surface area contributed by atoms with Gasteiger partial charge in [-0.25, -0.2) is 0 Å². The first-order chi connectivity index (χ1) is 16.0. The number of hydrogen-bond donors (Lipinski definition) is 1. The molecule has 1 aliphatic heterocycles. The third-order valence-electron chi connectivity index (χ3n) is 6.39. The van der Waals surface area contributed by atoms with Gasteiger partial charge in [0.2, 0.25) is 0 Å². The summed E-state index contributed by atoms with van der Waals surface area (Å²) in [4.78, 5) is 37.6. The van der Waals surface area contributed by atoms with Gasteiger partial charge in [-0.05, 0) is 23.3 Å². The highest BCUT2D eigenvalue weighted by Gasteiger charge is 2.55. The number of carbonyl (C=O) groups is 2. The number of imide groups is 1. The van der Waals surface area contributed by atoms with Crippen molar-refractivity contribution in [2.45, 2.75) is 11.8 Å². The number of allylic oxidation sites excluding steroid dienone is 2. The van der Waals surface area contributed by atoms with Gasteiger partial charge in [0.15, 0.2) is 0 Å². The van der Waals surface area contributed by atoms with Gasteiger partial charge in [-0.3, -0.25) is 25.1 Å². The molecular weight excluding hydrogens is 418 g/mol. The molecule has 164 valence electrons. The largest absolute Gasteiger partial charge is 0.289 e. The molecule has 2 amide bonds. The zero-order chi connectivity index (χ0) is 22.9. The van der Waals surface area contributed by atoms with E-state index in [-0.39, 0.29) is 29.3 Å². The van der Waals surface area contributed by atoms with E-state index in [0.717, 1.165) is 16.1 Å². The molecule has 1 heterocycles. The summed E-state index contributed by atoms with van der Waals surface area (Å²) in [6, 6.07) is 25.1. The molecule has 0 aromatic heterocycles. The molecule has 4 unspecified atom stereocenters. The summed E-state index contributed by atoms with van der Waals surface area (Å²) in [6.07, 6.45) is 4.07. The molecule has 1 N–H and O–H groups in total. The van der Waals surface area contributed by atoms with Crippen LogP contribution in [0.15, 0.2) is 97.1 Å². The number of nitro groups is 1. The van der Waals surface area contributed by atoms with Crippen LogP contribution in [0.5, 0.6) is 0 Å². The molecule has 0 saturated carbocycles. The Bertz CT molecular complexity index is 1160. The van der Waals surface area contributed by atoms with E-state index < -0.39 is 16.8 Å². The molecule has 33 heavy (non-hydrogen) atoms. The third-order valence-corrected chi connectivity index (χ3v) is 6.39. The van der Waals surface area contributed by atoms with Gasteiger partial charge >= 0.3 is 0 Å². The van der Waals surface area contributed by atoms with Crippen LogP contribution in [-0.4, -0.2) is 21.7 Å². The van der Waals surface area contributed by atoms with Crippen LogP contribution in [0.2, 0.25) is 0 Å². The first kappa shape index (κ1) is 20.6. The number of nitrogens with zero attached hydrogens (tertiary/aromatic N) is 2. The first-order valence-corrected chi connectivity index (χ1v) is 10.7. The highest BCUT2D eigenvalue weighted by molar-refractivity contribution is 6.07. The van der Waals surface area contributed by atoms with Gasteiger partial charge < -0.3 is 0 Å². The predicted octanol–water partition coefficient (Wildman–Crippen LogP) is 4.66. The Morgan fingerprint density at radius 2 is 1.15 bits per heavy atom. The summed E-state index contributed by atoms with van der Waals surface area (Å²) in [6.45, 7) is 0. The average Bonchev–Trinajstić information content (AvgIpc) is 3.10. The maximum atomic E-state index is 13.6. The molecule has 1 fully saturated rings. The fourth-order valence-electron chi connectivity index (χ4n) is 4.83. The normalized spacial score (nSPS) is 23.9. The van der Waals surface area contributed by atoms with Crippen LogP contribution in [0.25, 0.3) is 0 Å². The smallest absolute Gasteiger partial charge is 0.269 e. The monoisotopic (exact) mass is 439 g/mol. The number of carbonyl (C=O) groups excluding carboxylic acids is 2. The summed E-state index contributed by atoms with van der Waals surface area (Å²) in [5.74, 6) is -2.17. The molecule has 1 aliphatic carbocycles. The quantitative estimate of drug-likeness (QED) is 0.270. The number of amides is 2. The number of hydrazine groups is 1. The van der Waals surface area contributed by atoms with Crippen molar-refractivity contribution in [1.82, 2.24) is 5.01 Å². The maximum absolute atomic E-state index is 13.6. The molecule has 7 nitrogen and oxygen atoms in total. The van der Waals surface area contributed by atoms with Crippen LogP contribution in [0, 0.1) is 22.0 Å². The molecule has 0 radical (unpaired) electrons. The van der Waals surface area contributed by atoms with Gasteiger partial charge in [-0.15, -0.1) is 0 Å². The SMILES string of the molecule is O=C1C2C(c3ccccc3)C=CC(c3ccccc3)C2C(=O)N1Nc1ccc([N+](=O)[O-])cc1. The van der Waals surface area contributed by atoms with Crippen molar-refractivity contribution in [3.63, 3.8) is 0 Å². The van der Waals surface area contributed by atoms with Crippen molar-refractivity contribution in [1.29, 1.82) is 0 Å². The Hall–Kier alpha value is -4.26. The summed E-state index contributed by atoms with van der Waals surface area (Å²) >= 11 is 0. The lowest BCUT2D eigenvalue weighted by Crippen LogP contribution is -2.37. The maximum Gasteiger partial charge on any atom is 0.269 e. The van der Waals surface area contributed by atoms with Crippen LogP contribution in [0.4, 0.5) is 11.4 Å². The fourth-order valence-corrected chi connectivity index (χ4v) is 4.83. The molecule has 5 rings (SSSR count). The highest BCUT2D eigenvalue weighted by atomic mass is 16.6. The summed E-state index contributed by atoms with van der Waals surface area (Å²) < 4.78 is 0. The molecule has 3 aromatic carbocycles. The number of nitro benzene ring substituents is 1. The number of hydrogen-bond acceptors (Lipinski definition) is 5. The zero-order valence-corrected chi connectivity index (χ0v) is 17.6. The number of nitrogens with one attached hydrogen (secondary N) is 1. The second kappa shape index (κ2) is 8.35. The second-order valence-electron chi connectivity index (χ2n) is 8.24. The highest BCUT2D eigenvalue weighted by Crippen LogP contribution is 2.49. The van der Waals surface area contributed by atoms with Gasteiger partial charge in [0, 0.05) is 24.0 Å². The lowest BCUT2D eigenvalue weighted by molar-refractivity contribution is -0.384. The average molecular weight is 439 g/mol. The molecule has 7 heteroatoms. The molecule has 0 spiro atoms. The van der Waals surface area contributed by atoms with Crippen molar-refractivity contribution >= 4 is 23.2 Å². The summed E-state index contributed by atoms with van der Waals surface area (Å²) in [5, 5.41) is 12.0. The van der Waals surface area contributed by atoms with E-state index in [4.69, 9.17) is 0 Å². The van der Waals surface area contributed by atoms with Gasteiger partial charge in [0.05, 0.1) is 22.4 Å². The van der Waals surface area contributed by atoms with Crippen LogP contribution in [-0.2, 0) is 9.59 Å². The lowest BCUT2D eigenvalue weighted by Gasteiger charge is -2.32. The summed E-state index contributed by atoms with van der Waals surface area (Å²) in [7, 11) is 0. The van der Waals surface area contributed by atoms with Gasteiger partial charge in [-0.1, -0.05) is 72.8 Å². The minimum atomic E-state index is -0.555. The van der Waals surface area contributed by atoms with Gasteiger partial charge in [0.1, 0.15) is 0 Å². The van der Waals surface area contributed by atoms with Crippen molar-refractivity contribution in [2.75, 3.05) is 5.43 Å². The minimum absolute atomic E-state index is 0.0641. The van der Waals surface area contributed by atoms with E-state index in [1.165, 1.54) is 24.3 Å². The molecule has 3 aromatic rings. The molecule has 0 bridgehead atoms. The van der Waals surface area contributed by atoms with Gasteiger partial charge in [0.25, 0.3) is 17.5 Å². The third kappa shape index (κ3) is 3.67. The van der Waals surface area contributed by atoms with E-state index in [9.17, 15) is 19.7 Å². The zero-order valence-electron chi connectivity index (χ0n) is 17.6.